The van der Waals surface area contributed by atoms with Crippen LogP contribution in [0.3, 0.4) is 0 Å². The lowest BCUT2D eigenvalue weighted by Gasteiger charge is -2.26. The van der Waals surface area contributed by atoms with Crippen LogP contribution in [0.25, 0.3) is 17.0 Å². The van der Waals surface area contributed by atoms with Crippen molar-refractivity contribution >= 4 is 11.5 Å². The highest BCUT2D eigenvalue weighted by Gasteiger charge is 2.30. The van der Waals surface area contributed by atoms with Gasteiger partial charge >= 0.3 is 0 Å². The molecule has 0 spiro atoms. The maximum Gasteiger partial charge on any atom is 0.169 e. The van der Waals surface area contributed by atoms with Crippen molar-refractivity contribution < 1.29 is 13.5 Å². The normalized spacial score (nSPS) is 18.6. The van der Waals surface area contributed by atoms with E-state index in [4.69, 9.17) is 9.72 Å². The monoisotopic (exact) mass is 423 g/mol. The summed E-state index contributed by atoms with van der Waals surface area (Å²) in [6, 6.07) is 5.20. The van der Waals surface area contributed by atoms with Crippen LogP contribution in [-0.4, -0.2) is 42.5 Å². The molecule has 0 bridgehead atoms. The van der Waals surface area contributed by atoms with Crippen LogP contribution in [0.5, 0.6) is 0 Å². The third-order valence-corrected chi connectivity index (χ3v) is 5.98. The molecule has 0 N–H and O–H groups in total. The van der Waals surface area contributed by atoms with Crippen molar-refractivity contribution in [3.8, 4) is 11.4 Å². The highest BCUT2D eigenvalue weighted by atomic mass is 19.1. The molecule has 5 heterocycles. The Morgan fingerprint density at radius 2 is 2.03 bits per heavy atom. The Labute approximate surface area is 176 Å². The van der Waals surface area contributed by atoms with Crippen molar-refractivity contribution in [2.45, 2.75) is 32.0 Å². The van der Waals surface area contributed by atoms with Gasteiger partial charge in [-0.25, -0.2) is 18.3 Å². The summed E-state index contributed by atoms with van der Waals surface area (Å²) in [5, 5.41) is 13.0. The zero-order valence-corrected chi connectivity index (χ0v) is 16.6. The molecule has 0 radical (unpaired) electrons. The summed E-state index contributed by atoms with van der Waals surface area (Å²) < 4.78 is 37.4. The fraction of sp³-hybridized carbons (Fsp3) is 0.333. The van der Waals surface area contributed by atoms with Gasteiger partial charge in [0.1, 0.15) is 24.1 Å². The standard InChI is InChI=1S/C21H19F2N7O/c22-13-3-4-16(23)14(10-13)17-2-1-6-28(17)18-5-7-30-20(25-18)15(11-24-30)21-27-26-19-12-31-9-8-29(19)21/h3-5,7,10-11,17H,1-2,6,8-9,12H2. The molecule has 10 heteroatoms. The smallest absolute Gasteiger partial charge is 0.169 e. The molecule has 1 atom stereocenters. The molecule has 0 saturated carbocycles. The van der Waals surface area contributed by atoms with Gasteiger partial charge in [-0.2, -0.15) is 5.10 Å². The maximum absolute atomic E-state index is 14.5. The molecule has 2 aliphatic rings. The van der Waals surface area contributed by atoms with Crippen molar-refractivity contribution in [3.63, 3.8) is 0 Å². The first-order valence-corrected chi connectivity index (χ1v) is 10.3. The van der Waals surface area contributed by atoms with Crippen molar-refractivity contribution in [2.75, 3.05) is 18.1 Å². The average Bonchev–Trinajstić information content (AvgIpc) is 3.52. The molecule has 0 amide bonds. The Bertz CT molecular complexity index is 1280. The SMILES string of the molecule is Fc1ccc(F)c(C2CCCN2c2ccn3ncc(-c4nnc5n4CCOC5)c3n2)c1. The van der Waals surface area contributed by atoms with E-state index in [0.717, 1.165) is 30.3 Å². The number of hydrogen-bond donors (Lipinski definition) is 0. The van der Waals surface area contributed by atoms with E-state index in [2.05, 4.69) is 15.3 Å². The van der Waals surface area contributed by atoms with Crippen molar-refractivity contribution in [1.82, 2.24) is 29.4 Å². The van der Waals surface area contributed by atoms with Crippen LogP contribution in [0, 0.1) is 11.6 Å². The number of hydrogen-bond acceptors (Lipinski definition) is 6. The largest absolute Gasteiger partial charge is 0.372 e. The summed E-state index contributed by atoms with van der Waals surface area (Å²) in [4.78, 5) is 6.88. The minimum Gasteiger partial charge on any atom is -0.372 e. The van der Waals surface area contributed by atoms with E-state index in [1.165, 1.54) is 12.1 Å². The number of aromatic nitrogens is 6. The van der Waals surface area contributed by atoms with Crippen LogP contribution < -0.4 is 4.90 Å². The third-order valence-electron chi connectivity index (χ3n) is 5.98. The number of fused-ring (bicyclic) bond motifs is 2. The second-order valence-corrected chi connectivity index (χ2v) is 7.77. The number of anilines is 1. The van der Waals surface area contributed by atoms with Crippen molar-refractivity contribution in [3.05, 3.63) is 59.7 Å². The lowest BCUT2D eigenvalue weighted by molar-refractivity contribution is 0.0821. The predicted molar refractivity (Wildman–Crippen MR) is 107 cm³/mol. The summed E-state index contributed by atoms with van der Waals surface area (Å²) >= 11 is 0. The molecule has 0 aliphatic carbocycles. The molecule has 31 heavy (non-hydrogen) atoms. The average molecular weight is 423 g/mol. The van der Waals surface area contributed by atoms with Gasteiger partial charge in [0, 0.05) is 24.8 Å². The van der Waals surface area contributed by atoms with Gasteiger partial charge in [0.25, 0.3) is 0 Å². The number of benzene rings is 1. The molecule has 3 aromatic heterocycles. The first-order valence-electron chi connectivity index (χ1n) is 10.3. The van der Waals surface area contributed by atoms with Crippen LogP contribution in [-0.2, 0) is 17.9 Å². The van der Waals surface area contributed by atoms with E-state index in [0.29, 0.717) is 49.2 Å². The van der Waals surface area contributed by atoms with Crippen LogP contribution in [0.4, 0.5) is 14.6 Å². The van der Waals surface area contributed by atoms with Gasteiger partial charge in [-0.3, -0.25) is 0 Å². The lowest BCUT2D eigenvalue weighted by Crippen LogP contribution is -2.24. The summed E-state index contributed by atoms with van der Waals surface area (Å²) in [6.07, 6.45) is 5.16. The molecule has 158 valence electrons. The topological polar surface area (TPSA) is 73.4 Å². The molecular formula is C21H19F2N7O. The van der Waals surface area contributed by atoms with E-state index >= 15 is 0 Å². The van der Waals surface area contributed by atoms with Gasteiger partial charge < -0.3 is 14.2 Å². The number of rotatable bonds is 3. The number of halogens is 2. The summed E-state index contributed by atoms with van der Waals surface area (Å²) in [7, 11) is 0. The second kappa shape index (κ2) is 7.09. The molecule has 6 rings (SSSR count). The Morgan fingerprint density at radius 1 is 1.10 bits per heavy atom. The second-order valence-electron chi connectivity index (χ2n) is 7.77. The number of ether oxygens (including phenoxy) is 1. The summed E-state index contributed by atoms with van der Waals surface area (Å²) in [6.45, 7) is 2.41. The van der Waals surface area contributed by atoms with Gasteiger partial charge in [-0.1, -0.05) is 0 Å². The van der Waals surface area contributed by atoms with E-state index < -0.39 is 11.6 Å². The molecule has 1 saturated heterocycles. The minimum atomic E-state index is -0.440. The minimum absolute atomic E-state index is 0.268. The Balaban J connectivity index is 1.42. The Morgan fingerprint density at radius 3 is 2.97 bits per heavy atom. The molecule has 8 nitrogen and oxygen atoms in total. The zero-order valence-electron chi connectivity index (χ0n) is 16.6. The Kier molecular flexibility index (Phi) is 4.20. The molecule has 1 fully saturated rings. The van der Waals surface area contributed by atoms with E-state index in [1.54, 1.807) is 10.7 Å². The fourth-order valence-corrected chi connectivity index (χ4v) is 4.51. The fourth-order valence-electron chi connectivity index (χ4n) is 4.51. The highest BCUT2D eigenvalue weighted by molar-refractivity contribution is 5.73. The van der Waals surface area contributed by atoms with Crippen LogP contribution in [0.15, 0.2) is 36.7 Å². The van der Waals surface area contributed by atoms with E-state index in [9.17, 15) is 8.78 Å². The van der Waals surface area contributed by atoms with Crippen LogP contribution in [0.2, 0.25) is 0 Å². The quantitative estimate of drug-likeness (QED) is 0.504. The van der Waals surface area contributed by atoms with Crippen molar-refractivity contribution in [1.29, 1.82) is 0 Å². The maximum atomic E-state index is 14.5. The third kappa shape index (κ3) is 2.97. The number of nitrogens with zero attached hydrogens (tertiary/aromatic N) is 7. The molecule has 2 aliphatic heterocycles. The van der Waals surface area contributed by atoms with Crippen molar-refractivity contribution in [2.24, 2.45) is 0 Å². The summed E-state index contributed by atoms with van der Waals surface area (Å²) in [5.41, 5.74) is 1.78. The predicted octanol–water partition coefficient (Wildman–Crippen LogP) is 3.14. The Hall–Kier alpha value is -3.40. The van der Waals surface area contributed by atoms with Crippen LogP contribution >= 0.6 is 0 Å². The first-order chi connectivity index (χ1) is 15.2. The summed E-state index contributed by atoms with van der Waals surface area (Å²) in [5.74, 6) is 1.33. The van der Waals surface area contributed by atoms with Crippen LogP contribution in [0.1, 0.15) is 30.3 Å². The van der Waals surface area contributed by atoms with Gasteiger partial charge in [0.15, 0.2) is 17.3 Å². The van der Waals surface area contributed by atoms with E-state index in [-0.39, 0.29) is 6.04 Å². The lowest BCUT2D eigenvalue weighted by atomic mass is 10.0. The van der Waals surface area contributed by atoms with Gasteiger partial charge in [0.05, 0.1) is 24.4 Å². The molecule has 4 aromatic rings. The van der Waals surface area contributed by atoms with Gasteiger partial charge in [0.2, 0.25) is 0 Å². The molecular weight excluding hydrogens is 404 g/mol. The molecule has 1 unspecified atom stereocenters. The molecule has 1 aromatic carbocycles. The van der Waals surface area contributed by atoms with Gasteiger partial charge in [-0.05, 0) is 37.1 Å². The van der Waals surface area contributed by atoms with Gasteiger partial charge in [-0.15, -0.1) is 10.2 Å². The zero-order chi connectivity index (χ0) is 20.9. The highest BCUT2D eigenvalue weighted by Crippen LogP contribution is 2.37. The van der Waals surface area contributed by atoms with E-state index in [1.807, 2.05) is 21.7 Å². The first kappa shape index (κ1) is 18.4.